The molecule has 0 atom stereocenters. The number of halogens is 2. The first-order valence-electron chi connectivity index (χ1n) is 9.73. The fourth-order valence-corrected chi connectivity index (χ4v) is 3.51. The molecule has 0 bridgehead atoms. The number of nitrogens with zero attached hydrogens (tertiary/aromatic N) is 1. The van der Waals surface area contributed by atoms with Gasteiger partial charge in [-0.25, -0.2) is 0 Å². The van der Waals surface area contributed by atoms with Crippen LogP contribution in [0.3, 0.4) is 0 Å². The molecule has 0 heterocycles. The van der Waals surface area contributed by atoms with Gasteiger partial charge in [-0.3, -0.25) is 9.79 Å². The summed E-state index contributed by atoms with van der Waals surface area (Å²) in [5.41, 5.74) is 3.06. The predicted octanol–water partition coefficient (Wildman–Crippen LogP) is 4.95. The van der Waals surface area contributed by atoms with E-state index in [0.29, 0.717) is 13.1 Å². The molecule has 0 aromatic heterocycles. The van der Waals surface area contributed by atoms with E-state index in [1.807, 2.05) is 48.5 Å². The highest BCUT2D eigenvalue weighted by molar-refractivity contribution is 14.0. The van der Waals surface area contributed by atoms with Gasteiger partial charge in [0.05, 0.1) is 0 Å². The smallest absolute Gasteiger partial charge is 0.227 e. The van der Waals surface area contributed by atoms with Crippen LogP contribution in [0.15, 0.2) is 53.5 Å². The monoisotopic (exact) mass is 526 g/mol. The Hall–Kier alpha value is -1.80. The fraction of sp³-hybridized carbons (Fsp3) is 0.364. The highest BCUT2D eigenvalue weighted by atomic mass is 127. The summed E-state index contributed by atoms with van der Waals surface area (Å²) in [6, 6.07) is 15.7. The van der Waals surface area contributed by atoms with Crippen molar-refractivity contribution in [1.82, 2.24) is 10.6 Å². The summed E-state index contributed by atoms with van der Waals surface area (Å²) in [7, 11) is 1.75. The van der Waals surface area contributed by atoms with Gasteiger partial charge in [0.1, 0.15) is 0 Å². The first-order chi connectivity index (χ1) is 13.6. The number of aliphatic imine (C=N–C) groups is 1. The molecule has 0 radical (unpaired) electrons. The van der Waals surface area contributed by atoms with Crippen LogP contribution in [0.2, 0.25) is 5.02 Å². The molecular formula is C22H28ClIN4O. The van der Waals surface area contributed by atoms with Gasteiger partial charge in [0, 0.05) is 36.8 Å². The van der Waals surface area contributed by atoms with Gasteiger partial charge in [-0.15, -0.1) is 24.0 Å². The van der Waals surface area contributed by atoms with Crippen molar-refractivity contribution in [2.24, 2.45) is 10.9 Å². The highest BCUT2D eigenvalue weighted by Crippen LogP contribution is 2.26. The minimum absolute atomic E-state index is 0. The van der Waals surface area contributed by atoms with Crippen molar-refractivity contribution in [1.29, 1.82) is 0 Å². The average Bonchev–Trinajstić information content (AvgIpc) is 3.25. The molecule has 0 aliphatic heterocycles. The van der Waals surface area contributed by atoms with Crippen LogP contribution in [0.1, 0.15) is 36.8 Å². The Morgan fingerprint density at radius 3 is 2.34 bits per heavy atom. The Bertz CT molecular complexity index is 820. The summed E-state index contributed by atoms with van der Waals surface area (Å²) in [6.45, 7) is 1.28. The van der Waals surface area contributed by atoms with Gasteiger partial charge in [0.2, 0.25) is 5.91 Å². The number of amides is 1. The molecule has 1 aliphatic rings. The zero-order valence-electron chi connectivity index (χ0n) is 16.6. The molecule has 5 nitrogen and oxygen atoms in total. The molecule has 2 aromatic carbocycles. The number of hydrogen-bond donors (Lipinski definition) is 3. The minimum atomic E-state index is 0. The molecule has 1 fully saturated rings. The van der Waals surface area contributed by atoms with Crippen molar-refractivity contribution in [3.63, 3.8) is 0 Å². The molecule has 2 aromatic rings. The summed E-state index contributed by atoms with van der Waals surface area (Å²) < 4.78 is 0. The van der Waals surface area contributed by atoms with Crippen LogP contribution in [0.25, 0.3) is 0 Å². The highest BCUT2D eigenvalue weighted by Gasteiger charge is 2.22. The molecule has 0 saturated heterocycles. The van der Waals surface area contributed by atoms with Crippen molar-refractivity contribution >= 4 is 53.1 Å². The largest absolute Gasteiger partial charge is 0.352 e. The lowest BCUT2D eigenvalue weighted by molar-refractivity contribution is -0.119. The summed E-state index contributed by atoms with van der Waals surface area (Å²) in [6.07, 6.45) is 4.32. The Labute approximate surface area is 194 Å². The second-order valence-electron chi connectivity index (χ2n) is 7.08. The summed E-state index contributed by atoms with van der Waals surface area (Å²) in [5.74, 6) is 1.02. The molecular weight excluding hydrogens is 499 g/mol. The molecule has 0 unspecified atom stereocenters. The molecule has 3 N–H and O–H groups in total. The minimum Gasteiger partial charge on any atom is -0.352 e. The van der Waals surface area contributed by atoms with E-state index in [0.717, 1.165) is 53.5 Å². The van der Waals surface area contributed by atoms with E-state index in [1.165, 1.54) is 0 Å². The molecule has 0 spiro atoms. The van der Waals surface area contributed by atoms with E-state index in [1.54, 1.807) is 7.05 Å². The van der Waals surface area contributed by atoms with Crippen LogP contribution < -0.4 is 16.0 Å². The molecule has 156 valence electrons. The summed E-state index contributed by atoms with van der Waals surface area (Å²) in [4.78, 5) is 16.6. The van der Waals surface area contributed by atoms with Crippen molar-refractivity contribution in [3.8, 4) is 0 Å². The van der Waals surface area contributed by atoms with Crippen molar-refractivity contribution in [3.05, 3.63) is 64.7 Å². The van der Waals surface area contributed by atoms with Crippen LogP contribution >= 0.6 is 35.6 Å². The van der Waals surface area contributed by atoms with Gasteiger partial charge in [-0.2, -0.15) is 0 Å². The molecule has 29 heavy (non-hydrogen) atoms. The van der Waals surface area contributed by atoms with Gasteiger partial charge < -0.3 is 16.0 Å². The number of guanidine groups is 1. The lowest BCUT2D eigenvalue weighted by Gasteiger charge is -2.14. The zero-order valence-corrected chi connectivity index (χ0v) is 19.7. The lowest BCUT2D eigenvalue weighted by atomic mass is 10.1. The van der Waals surface area contributed by atoms with E-state index >= 15 is 0 Å². The Morgan fingerprint density at radius 2 is 1.69 bits per heavy atom. The van der Waals surface area contributed by atoms with E-state index in [4.69, 9.17) is 11.6 Å². The zero-order chi connectivity index (χ0) is 19.8. The summed E-state index contributed by atoms with van der Waals surface area (Å²) >= 11 is 5.92. The molecule has 1 aliphatic carbocycles. The number of nitrogens with one attached hydrogen (secondary N) is 3. The second-order valence-corrected chi connectivity index (χ2v) is 7.51. The number of anilines is 1. The third-order valence-electron chi connectivity index (χ3n) is 4.98. The number of carbonyl (C=O) groups excluding carboxylic acids is 1. The maximum Gasteiger partial charge on any atom is 0.227 e. The number of carbonyl (C=O) groups is 1. The fourth-order valence-electron chi connectivity index (χ4n) is 3.39. The van der Waals surface area contributed by atoms with Crippen LogP contribution in [0.4, 0.5) is 5.69 Å². The van der Waals surface area contributed by atoms with Crippen LogP contribution in [0.5, 0.6) is 0 Å². The molecule has 1 saturated carbocycles. The Morgan fingerprint density at radius 1 is 1.03 bits per heavy atom. The molecule has 3 rings (SSSR count). The van der Waals surface area contributed by atoms with Crippen LogP contribution in [-0.2, 0) is 17.9 Å². The van der Waals surface area contributed by atoms with Gasteiger partial charge in [0.15, 0.2) is 5.96 Å². The lowest BCUT2D eigenvalue weighted by Crippen LogP contribution is -2.36. The van der Waals surface area contributed by atoms with Crippen molar-refractivity contribution in [2.75, 3.05) is 12.4 Å². The van der Waals surface area contributed by atoms with Crippen molar-refractivity contribution < 1.29 is 4.79 Å². The number of rotatable bonds is 6. The molecule has 1 amide bonds. The SMILES string of the molecule is CN=C(NCc1ccc(Cl)cc1)NCc1cccc(NC(=O)C2CCCC2)c1.I. The van der Waals surface area contributed by atoms with Gasteiger partial charge >= 0.3 is 0 Å². The summed E-state index contributed by atoms with van der Waals surface area (Å²) in [5, 5.41) is 10.4. The first-order valence-corrected chi connectivity index (χ1v) is 10.1. The Balaban J connectivity index is 0.00000300. The maximum atomic E-state index is 12.3. The average molecular weight is 527 g/mol. The quantitative estimate of drug-likeness (QED) is 0.283. The van der Waals surface area contributed by atoms with Gasteiger partial charge in [0.25, 0.3) is 0 Å². The predicted molar refractivity (Wildman–Crippen MR) is 131 cm³/mol. The van der Waals surface area contributed by atoms with E-state index in [2.05, 4.69) is 20.9 Å². The number of benzene rings is 2. The standard InChI is InChI=1S/C22H27ClN4O.HI/c1-24-22(25-14-16-9-11-19(23)12-10-16)26-15-17-5-4-8-20(13-17)27-21(28)18-6-2-3-7-18;/h4-5,8-13,18H,2-3,6-7,14-15H2,1H3,(H,27,28)(H2,24,25,26);1H. The number of hydrogen-bond acceptors (Lipinski definition) is 2. The van der Waals surface area contributed by atoms with Crippen LogP contribution in [-0.4, -0.2) is 18.9 Å². The normalized spacial score (nSPS) is 14.2. The maximum absolute atomic E-state index is 12.3. The topological polar surface area (TPSA) is 65.5 Å². The third kappa shape index (κ3) is 7.51. The van der Waals surface area contributed by atoms with E-state index in [9.17, 15) is 4.79 Å². The van der Waals surface area contributed by atoms with E-state index in [-0.39, 0.29) is 35.8 Å². The second kappa shape index (κ2) is 12.0. The van der Waals surface area contributed by atoms with Gasteiger partial charge in [-0.05, 0) is 48.2 Å². The van der Waals surface area contributed by atoms with E-state index < -0.39 is 0 Å². The van der Waals surface area contributed by atoms with Crippen LogP contribution in [0, 0.1) is 5.92 Å². The molecule has 7 heteroatoms. The first kappa shape index (κ1) is 23.5. The van der Waals surface area contributed by atoms with Crippen molar-refractivity contribution in [2.45, 2.75) is 38.8 Å². The van der Waals surface area contributed by atoms with Gasteiger partial charge in [-0.1, -0.05) is 48.7 Å². The third-order valence-corrected chi connectivity index (χ3v) is 5.23. The Kier molecular flexibility index (Phi) is 9.73.